The van der Waals surface area contributed by atoms with Gasteiger partial charge in [0.25, 0.3) is 0 Å². The first kappa shape index (κ1) is 10.8. The van der Waals surface area contributed by atoms with Gasteiger partial charge in [-0.05, 0) is 24.3 Å². The van der Waals surface area contributed by atoms with Crippen LogP contribution in [-0.4, -0.2) is 11.3 Å². The zero-order chi connectivity index (χ0) is 11.5. The molecule has 0 spiro atoms. The summed E-state index contributed by atoms with van der Waals surface area (Å²) < 4.78 is 13.5. The van der Waals surface area contributed by atoms with E-state index < -0.39 is 0 Å². The van der Waals surface area contributed by atoms with E-state index in [-0.39, 0.29) is 16.5 Å². The average Bonchev–Trinajstić information content (AvgIpc) is 2.31. The molecule has 0 atom stereocenters. The van der Waals surface area contributed by atoms with E-state index in [1.807, 2.05) is 0 Å². The molecule has 0 aliphatic heterocycles. The van der Waals surface area contributed by atoms with E-state index in [2.05, 4.69) is 4.98 Å². The molecule has 0 fully saturated rings. The van der Waals surface area contributed by atoms with Crippen molar-refractivity contribution in [3.05, 3.63) is 52.9 Å². The predicted octanol–water partition coefficient (Wildman–Crippen LogP) is 3.35. The number of halogens is 2. The van der Waals surface area contributed by atoms with Crippen LogP contribution in [0.3, 0.4) is 0 Å². The van der Waals surface area contributed by atoms with Crippen molar-refractivity contribution in [3.8, 4) is 11.3 Å². The summed E-state index contributed by atoms with van der Waals surface area (Å²) in [5.74, 6) is -0.380. The van der Waals surface area contributed by atoms with Gasteiger partial charge >= 0.3 is 0 Å². The summed E-state index contributed by atoms with van der Waals surface area (Å²) in [5.41, 5.74) is 0.856. The number of hydrogen-bond acceptors (Lipinski definition) is 2. The molecule has 1 heterocycles. The van der Waals surface area contributed by atoms with Crippen molar-refractivity contribution in [2.75, 3.05) is 0 Å². The van der Waals surface area contributed by atoms with Crippen LogP contribution in [0.1, 0.15) is 10.5 Å². The first-order chi connectivity index (χ1) is 7.72. The molecular formula is C12H7ClFNO. The van der Waals surface area contributed by atoms with Gasteiger partial charge < -0.3 is 0 Å². The van der Waals surface area contributed by atoms with Crippen molar-refractivity contribution in [2.45, 2.75) is 0 Å². The molecule has 0 saturated carbocycles. The molecule has 2 nitrogen and oxygen atoms in total. The standard InChI is InChI=1S/C12H7ClFNO/c13-9-5-6-11(15-12(9)7-16)8-3-1-2-4-10(8)14/h1-7H. The Morgan fingerprint density at radius 3 is 2.62 bits per heavy atom. The van der Waals surface area contributed by atoms with Crippen LogP contribution in [0, 0.1) is 5.82 Å². The SMILES string of the molecule is O=Cc1nc(-c2ccccc2F)ccc1Cl. The summed E-state index contributed by atoms with van der Waals surface area (Å²) in [6.07, 6.45) is 0.548. The lowest BCUT2D eigenvalue weighted by Gasteiger charge is -2.03. The minimum atomic E-state index is -0.380. The summed E-state index contributed by atoms with van der Waals surface area (Å²) in [6, 6.07) is 9.34. The van der Waals surface area contributed by atoms with E-state index in [1.165, 1.54) is 12.1 Å². The summed E-state index contributed by atoms with van der Waals surface area (Å²) in [4.78, 5) is 14.6. The Bertz CT molecular complexity index is 542. The summed E-state index contributed by atoms with van der Waals surface area (Å²) >= 11 is 5.74. The van der Waals surface area contributed by atoms with Gasteiger partial charge in [-0.25, -0.2) is 9.37 Å². The zero-order valence-corrected chi connectivity index (χ0v) is 8.91. The third-order valence-corrected chi connectivity index (χ3v) is 2.45. The van der Waals surface area contributed by atoms with Crippen LogP contribution in [-0.2, 0) is 0 Å². The maximum atomic E-state index is 13.5. The van der Waals surface area contributed by atoms with Gasteiger partial charge in [0, 0.05) is 5.56 Å². The van der Waals surface area contributed by atoms with Crippen molar-refractivity contribution >= 4 is 17.9 Å². The number of carbonyl (C=O) groups is 1. The normalized spacial score (nSPS) is 10.1. The fourth-order valence-electron chi connectivity index (χ4n) is 1.36. The monoisotopic (exact) mass is 235 g/mol. The van der Waals surface area contributed by atoms with Gasteiger partial charge in [0.2, 0.25) is 0 Å². The molecule has 2 aromatic rings. The van der Waals surface area contributed by atoms with Crippen molar-refractivity contribution < 1.29 is 9.18 Å². The number of aldehydes is 1. The van der Waals surface area contributed by atoms with Gasteiger partial charge in [-0.1, -0.05) is 23.7 Å². The molecule has 80 valence electrons. The molecule has 0 radical (unpaired) electrons. The number of hydrogen-bond donors (Lipinski definition) is 0. The Kier molecular flexibility index (Phi) is 2.97. The van der Waals surface area contributed by atoms with E-state index in [9.17, 15) is 9.18 Å². The van der Waals surface area contributed by atoms with Gasteiger partial charge in [0.1, 0.15) is 11.5 Å². The lowest BCUT2D eigenvalue weighted by atomic mass is 10.1. The molecule has 1 aromatic heterocycles. The second kappa shape index (κ2) is 4.41. The molecular weight excluding hydrogens is 229 g/mol. The van der Waals surface area contributed by atoms with Crippen LogP contribution in [0.15, 0.2) is 36.4 Å². The van der Waals surface area contributed by atoms with Crippen LogP contribution in [0.4, 0.5) is 4.39 Å². The van der Waals surface area contributed by atoms with E-state index >= 15 is 0 Å². The smallest absolute Gasteiger partial charge is 0.169 e. The Hall–Kier alpha value is -1.74. The van der Waals surface area contributed by atoms with Crippen molar-refractivity contribution in [1.82, 2.24) is 4.98 Å². The minimum Gasteiger partial charge on any atom is -0.296 e. The van der Waals surface area contributed by atoms with E-state index in [0.717, 1.165) is 0 Å². The molecule has 0 bridgehead atoms. The summed E-state index contributed by atoms with van der Waals surface area (Å²) in [7, 11) is 0. The third-order valence-electron chi connectivity index (χ3n) is 2.13. The second-order valence-corrected chi connectivity index (χ2v) is 3.57. The molecule has 0 unspecified atom stereocenters. The maximum absolute atomic E-state index is 13.5. The topological polar surface area (TPSA) is 30.0 Å². The van der Waals surface area contributed by atoms with Crippen molar-refractivity contribution in [1.29, 1.82) is 0 Å². The van der Waals surface area contributed by atoms with Crippen LogP contribution in [0.2, 0.25) is 5.02 Å². The van der Waals surface area contributed by atoms with E-state index in [4.69, 9.17) is 11.6 Å². The average molecular weight is 236 g/mol. The van der Waals surface area contributed by atoms with Crippen LogP contribution in [0.5, 0.6) is 0 Å². The van der Waals surface area contributed by atoms with Crippen LogP contribution in [0.25, 0.3) is 11.3 Å². The second-order valence-electron chi connectivity index (χ2n) is 3.16. The zero-order valence-electron chi connectivity index (χ0n) is 8.15. The number of aromatic nitrogens is 1. The quantitative estimate of drug-likeness (QED) is 0.747. The van der Waals surface area contributed by atoms with E-state index in [0.29, 0.717) is 17.5 Å². The summed E-state index contributed by atoms with van der Waals surface area (Å²) in [6.45, 7) is 0. The molecule has 0 N–H and O–H groups in total. The maximum Gasteiger partial charge on any atom is 0.169 e. The Morgan fingerprint density at radius 1 is 1.19 bits per heavy atom. The molecule has 2 rings (SSSR count). The minimum absolute atomic E-state index is 0.113. The predicted molar refractivity (Wildman–Crippen MR) is 60.0 cm³/mol. The molecule has 0 aliphatic carbocycles. The number of benzene rings is 1. The summed E-state index contributed by atoms with van der Waals surface area (Å²) in [5, 5.41) is 0.259. The van der Waals surface area contributed by atoms with Gasteiger partial charge in [0.05, 0.1) is 10.7 Å². The van der Waals surface area contributed by atoms with Gasteiger partial charge in [-0.2, -0.15) is 0 Å². The molecule has 1 aromatic carbocycles. The molecule has 16 heavy (non-hydrogen) atoms. The third kappa shape index (κ3) is 1.95. The Balaban J connectivity index is 2.57. The highest BCUT2D eigenvalue weighted by Gasteiger charge is 2.08. The van der Waals surface area contributed by atoms with Crippen molar-refractivity contribution in [3.63, 3.8) is 0 Å². The number of nitrogens with zero attached hydrogens (tertiary/aromatic N) is 1. The first-order valence-corrected chi connectivity index (χ1v) is 4.97. The Labute approximate surface area is 96.7 Å². The molecule has 0 aliphatic rings. The fraction of sp³-hybridized carbons (Fsp3) is 0. The first-order valence-electron chi connectivity index (χ1n) is 4.59. The van der Waals surface area contributed by atoms with E-state index in [1.54, 1.807) is 24.3 Å². The highest BCUT2D eigenvalue weighted by Crippen LogP contribution is 2.23. The highest BCUT2D eigenvalue weighted by atomic mass is 35.5. The number of rotatable bonds is 2. The van der Waals surface area contributed by atoms with Crippen molar-refractivity contribution in [2.24, 2.45) is 0 Å². The van der Waals surface area contributed by atoms with Gasteiger partial charge in [-0.15, -0.1) is 0 Å². The lowest BCUT2D eigenvalue weighted by Crippen LogP contribution is -1.93. The number of carbonyl (C=O) groups excluding carboxylic acids is 1. The van der Waals surface area contributed by atoms with Crippen LogP contribution >= 0.6 is 11.6 Å². The molecule has 0 amide bonds. The van der Waals surface area contributed by atoms with Gasteiger partial charge in [0.15, 0.2) is 6.29 Å². The lowest BCUT2D eigenvalue weighted by molar-refractivity contribution is 0.111. The fourth-order valence-corrected chi connectivity index (χ4v) is 1.51. The molecule has 0 saturated heterocycles. The van der Waals surface area contributed by atoms with Gasteiger partial charge in [-0.3, -0.25) is 4.79 Å². The number of pyridine rings is 1. The van der Waals surface area contributed by atoms with Crippen LogP contribution < -0.4 is 0 Å². The largest absolute Gasteiger partial charge is 0.296 e. The highest BCUT2D eigenvalue weighted by molar-refractivity contribution is 6.32. The Morgan fingerprint density at radius 2 is 1.94 bits per heavy atom. The molecule has 4 heteroatoms.